The molecule has 2 aliphatic rings. The number of nitrogens with zero attached hydrogens (tertiary/aromatic N) is 2. The van der Waals surface area contributed by atoms with E-state index in [1.807, 2.05) is 17.9 Å². The third kappa shape index (κ3) is 4.50. The summed E-state index contributed by atoms with van der Waals surface area (Å²) in [6.45, 7) is 3.58. The molecule has 0 unspecified atom stereocenters. The molecule has 2 N–H and O–H groups in total. The summed E-state index contributed by atoms with van der Waals surface area (Å²) in [5.41, 5.74) is 1.69. The number of piperazine rings is 1. The van der Waals surface area contributed by atoms with Crippen molar-refractivity contribution < 1.29 is 14.0 Å². The number of para-hydroxylation sites is 1. The standard InChI is InChI=1S/C22H25FN4O2/c1-15-14-26(11-12-27(15)20-8-3-2-7-19(20)23)21(28)16-5-4-6-18(13-16)25-22(29)24-17-9-10-17/h2-8,13,15,17H,9-12,14H2,1H3,(H2,24,25,29)/t15-/m0/s1. The van der Waals surface area contributed by atoms with Crippen LogP contribution >= 0.6 is 0 Å². The van der Waals surface area contributed by atoms with Crippen LogP contribution in [0.5, 0.6) is 0 Å². The maximum atomic E-state index is 14.1. The van der Waals surface area contributed by atoms with E-state index in [-0.39, 0.29) is 29.8 Å². The van der Waals surface area contributed by atoms with Gasteiger partial charge in [0, 0.05) is 43.0 Å². The molecular weight excluding hydrogens is 371 g/mol. The highest BCUT2D eigenvalue weighted by molar-refractivity contribution is 5.97. The summed E-state index contributed by atoms with van der Waals surface area (Å²) in [6.07, 6.45) is 2.03. The van der Waals surface area contributed by atoms with E-state index >= 15 is 0 Å². The Morgan fingerprint density at radius 2 is 1.86 bits per heavy atom. The van der Waals surface area contributed by atoms with Gasteiger partial charge >= 0.3 is 6.03 Å². The van der Waals surface area contributed by atoms with Crippen LogP contribution in [0.4, 0.5) is 20.6 Å². The zero-order chi connectivity index (χ0) is 20.4. The second-order valence-corrected chi connectivity index (χ2v) is 7.70. The summed E-state index contributed by atoms with van der Waals surface area (Å²) in [4.78, 5) is 28.7. The first-order valence-corrected chi connectivity index (χ1v) is 9.99. The molecule has 1 saturated carbocycles. The van der Waals surface area contributed by atoms with Gasteiger partial charge in [-0.15, -0.1) is 0 Å². The Kier molecular flexibility index (Phi) is 5.38. The molecule has 2 aromatic carbocycles. The SMILES string of the molecule is C[C@H]1CN(C(=O)c2cccc(NC(=O)NC3CC3)c2)CCN1c1ccccc1F. The van der Waals surface area contributed by atoms with Crippen LogP contribution in [0.15, 0.2) is 48.5 Å². The lowest BCUT2D eigenvalue weighted by Crippen LogP contribution is -2.54. The first kappa shape index (κ1) is 19.2. The monoisotopic (exact) mass is 396 g/mol. The van der Waals surface area contributed by atoms with Gasteiger partial charge in [0.25, 0.3) is 5.91 Å². The maximum Gasteiger partial charge on any atom is 0.319 e. The molecule has 0 spiro atoms. The van der Waals surface area contributed by atoms with E-state index < -0.39 is 0 Å². The summed E-state index contributed by atoms with van der Waals surface area (Å²) in [5, 5.41) is 5.65. The number of urea groups is 1. The van der Waals surface area contributed by atoms with Crippen molar-refractivity contribution in [3.63, 3.8) is 0 Å². The Hall–Kier alpha value is -3.09. The van der Waals surface area contributed by atoms with Crippen LogP contribution in [0, 0.1) is 5.82 Å². The fourth-order valence-electron chi connectivity index (χ4n) is 3.68. The number of nitrogens with one attached hydrogen (secondary N) is 2. The van der Waals surface area contributed by atoms with Gasteiger partial charge in [0.1, 0.15) is 5.82 Å². The highest BCUT2D eigenvalue weighted by atomic mass is 19.1. The van der Waals surface area contributed by atoms with Crippen LogP contribution in [-0.4, -0.2) is 48.6 Å². The van der Waals surface area contributed by atoms with Crippen molar-refractivity contribution >= 4 is 23.3 Å². The van der Waals surface area contributed by atoms with Crippen LogP contribution in [0.25, 0.3) is 0 Å². The van der Waals surface area contributed by atoms with Crippen molar-refractivity contribution in [2.45, 2.75) is 31.8 Å². The average Bonchev–Trinajstić information content (AvgIpc) is 3.52. The molecule has 1 aliphatic heterocycles. The first-order valence-electron chi connectivity index (χ1n) is 9.99. The van der Waals surface area contributed by atoms with Gasteiger partial charge in [-0.2, -0.15) is 0 Å². The number of benzene rings is 2. The van der Waals surface area contributed by atoms with E-state index in [4.69, 9.17) is 0 Å². The smallest absolute Gasteiger partial charge is 0.319 e. The fourth-order valence-corrected chi connectivity index (χ4v) is 3.68. The minimum Gasteiger partial charge on any atom is -0.363 e. The number of amides is 3. The lowest BCUT2D eigenvalue weighted by atomic mass is 10.1. The average molecular weight is 396 g/mol. The van der Waals surface area contributed by atoms with Gasteiger partial charge in [0.05, 0.1) is 5.69 Å². The third-order valence-electron chi connectivity index (χ3n) is 5.36. The molecule has 2 fully saturated rings. The molecule has 152 valence electrons. The van der Waals surface area contributed by atoms with Crippen LogP contribution in [0.3, 0.4) is 0 Å². The van der Waals surface area contributed by atoms with Gasteiger partial charge in [-0.25, -0.2) is 9.18 Å². The number of halogens is 1. The third-order valence-corrected chi connectivity index (χ3v) is 5.36. The van der Waals surface area contributed by atoms with Crippen molar-refractivity contribution in [1.82, 2.24) is 10.2 Å². The lowest BCUT2D eigenvalue weighted by molar-refractivity contribution is 0.0726. The highest BCUT2D eigenvalue weighted by Crippen LogP contribution is 2.25. The van der Waals surface area contributed by atoms with Crippen molar-refractivity contribution in [2.24, 2.45) is 0 Å². The summed E-state index contributed by atoms with van der Waals surface area (Å²) < 4.78 is 14.1. The molecule has 0 aromatic heterocycles. The Bertz CT molecular complexity index is 915. The van der Waals surface area contributed by atoms with Gasteiger partial charge in [-0.1, -0.05) is 18.2 Å². The number of carbonyl (C=O) groups excluding carboxylic acids is 2. The maximum absolute atomic E-state index is 14.1. The molecule has 6 nitrogen and oxygen atoms in total. The van der Waals surface area contributed by atoms with Gasteiger partial charge < -0.3 is 20.4 Å². The molecule has 4 rings (SSSR count). The number of hydrogen-bond donors (Lipinski definition) is 2. The van der Waals surface area contributed by atoms with E-state index in [0.717, 1.165) is 12.8 Å². The summed E-state index contributed by atoms with van der Waals surface area (Å²) in [6, 6.07) is 13.7. The van der Waals surface area contributed by atoms with Crippen molar-refractivity contribution in [3.05, 3.63) is 59.9 Å². The molecule has 7 heteroatoms. The van der Waals surface area contributed by atoms with Crippen molar-refractivity contribution in [3.8, 4) is 0 Å². The Morgan fingerprint density at radius 1 is 1.07 bits per heavy atom. The minimum absolute atomic E-state index is 0.00442. The molecule has 1 saturated heterocycles. The number of carbonyl (C=O) groups is 2. The normalized spacial score (nSPS) is 19.0. The molecule has 0 bridgehead atoms. The van der Waals surface area contributed by atoms with Gasteiger partial charge in [-0.05, 0) is 50.1 Å². The Labute approximate surface area is 169 Å². The van der Waals surface area contributed by atoms with Crippen LogP contribution in [0.1, 0.15) is 30.1 Å². The Balaban J connectivity index is 1.40. The summed E-state index contributed by atoms with van der Waals surface area (Å²) in [5.74, 6) is -0.335. The first-order chi connectivity index (χ1) is 14.0. The quantitative estimate of drug-likeness (QED) is 0.832. The minimum atomic E-state index is -0.248. The molecule has 1 heterocycles. The lowest BCUT2D eigenvalue weighted by Gasteiger charge is -2.41. The van der Waals surface area contributed by atoms with Crippen molar-refractivity contribution in [1.29, 1.82) is 0 Å². The number of hydrogen-bond acceptors (Lipinski definition) is 3. The van der Waals surface area contributed by atoms with Crippen LogP contribution in [-0.2, 0) is 0 Å². The molecular formula is C22H25FN4O2. The number of anilines is 2. The van der Waals surface area contributed by atoms with E-state index in [1.54, 1.807) is 41.3 Å². The van der Waals surface area contributed by atoms with E-state index in [1.165, 1.54) is 6.07 Å². The molecule has 0 radical (unpaired) electrons. The molecule has 2 aromatic rings. The summed E-state index contributed by atoms with van der Waals surface area (Å²) in [7, 11) is 0. The van der Waals surface area contributed by atoms with E-state index in [2.05, 4.69) is 10.6 Å². The van der Waals surface area contributed by atoms with Crippen LogP contribution in [0.2, 0.25) is 0 Å². The fraction of sp³-hybridized carbons (Fsp3) is 0.364. The van der Waals surface area contributed by atoms with Crippen molar-refractivity contribution in [2.75, 3.05) is 29.9 Å². The van der Waals surface area contributed by atoms with Crippen LogP contribution < -0.4 is 15.5 Å². The topological polar surface area (TPSA) is 64.7 Å². The molecule has 1 atom stereocenters. The second kappa shape index (κ2) is 8.11. The van der Waals surface area contributed by atoms with E-state index in [9.17, 15) is 14.0 Å². The van der Waals surface area contributed by atoms with Gasteiger partial charge in [-0.3, -0.25) is 4.79 Å². The largest absolute Gasteiger partial charge is 0.363 e. The second-order valence-electron chi connectivity index (χ2n) is 7.70. The molecule has 3 amide bonds. The predicted molar refractivity (Wildman–Crippen MR) is 111 cm³/mol. The summed E-state index contributed by atoms with van der Waals surface area (Å²) >= 11 is 0. The zero-order valence-electron chi connectivity index (χ0n) is 16.4. The highest BCUT2D eigenvalue weighted by Gasteiger charge is 2.29. The zero-order valence-corrected chi connectivity index (χ0v) is 16.4. The Morgan fingerprint density at radius 3 is 2.59 bits per heavy atom. The molecule has 29 heavy (non-hydrogen) atoms. The molecule has 1 aliphatic carbocycles. The predicted octanol–water partition coefficient (Wildman–Crippen LogP) is 3.46. The number of rotatable bonds is 4. The van der Waals surface area contributed by atoms with Gasteiger partial charge in [0.15, 0.2) is 0 Å². The van der Waals surface area contributed by atoms with E-state index in [0.29, 0.717) is 36.6 Å². The van der Waals surface area contributed by atoms with Gasteiger partial charge in [0.2, 0.25) is 0 Å².